The van der Waals surface area contributed by atoms with E-state index in [1.54, 1.807) is 24.5 Å². The summed E-state index contributed by atoms with van der Waals surface area (Å²) in [6.45, 7) is 7.09. The second kappa shape index (κ2) is 10.9. The Labute approximate surface area is 193 Å². The lowest BCUT2D eigenvalue weighted by atomic mass is 10.2. The van der Waals surface area contributed by atoms with Crippen molar-refractivity contribution in [2.75, 3.05) is 51.4 Å². The molecule has 166 valence electrons. The molecule has 1 saturated heterocycles. The van der Waals surface area contributed by atoms with Gasteiger partial charge in [0.2, 0.25) is 0 Å². The normalized spacial score (nSPS) is 14.3. The molecule has 1 aliphatic heterocycles. The average molecular weight is 462 g/mol. The minimum absolute atomic E-state index is 0. The van der Waals surface area contributed by atoms with E-state index in [0.29, 0.717) is 17.9 Å². The van der Waals surface area contributed by atoms with E-state index in [4.69, 9.17) is 14.5 Å². The summed E-state index contributed by atoms with van der Waals surface area (Å²) in [6, 6.07) is 13.5. The number of halogens is 1. The zero-order valence-electron chi connectivity index (χ0n) is 17.9. The zero-order valence-corrected chi connectivity index (χ0v) is 19.5. The summed E-state index contributed by atoms with van der Waals surface area (Å²) in [5, 5.41) is 0.741. The summed E-state index contributed by atoms with van der Waals surface area (Å²) in [5.74, 6) is 0.626. The summed E-state index contributed by atoms with van der Waals surface area (Å²) in [4.78, 5) is 22.4. The predicted octanol–water partition coefficient (Wildman–Crippen LogP) is 4.40. The molecule has 0 saturated carbocycles. The van der Waals surface area contributed by atoms with Crippen LogP contribution in [-0.4, -0.2) is 62.3 Å². The van der Waals surface area contributed by atoms with Crippen molar-refractivity contribution in [1.82, 2.24) is 9.88 Å². The van der Waals surface area contributed by atoms with Gasteiger partial charge in [-0.2, -0.15) is 0 Å². The molecule has 0 unspecified atom stereocenters. The van der Waals surface area contributed by atoms with Gasteiger partial charge in [0.1, 0.15) is 5.75 Å². The molecular formula is C23H28ClN3O3S. The molecule has 0 N–H and O–H groups in total. The van der Waals surface area contributed by atoms with Crippen LogP contribution >= 0.6 is 23.7 Å². The molecule has 1 fully saturated rings. The number of rotatable bonds is 7. The first kappa shape index (κ1) is 23.5. The van der Waals surface area contributed by atoms with Crippen LogP contribution in [0, 0.1) is 6.92 Å². The van der Waals surface area contributed by atoms with E-state index >= 15 is 0 Å². The fourth-order valence-electron chi connectivity index (χ4n) is 3.61. The topological polar surface area (TPSA) is 54.9 Å². The monoisotopic (exact) mass is 461 g/mol. The molecule has 1 amide bonds. The molecule has 3 aromatic rings. The number of hydrogen-bond acceptors (Lipinski definition) is 6. The van der Waals surface area contributed by atoms with Gasteiger partial charge in [0.05, 0.1) is 30.5 Å². The fraction of sp³-hybridized carbons (Fsp3) is 0.391. The minimum atomic E-state index is -0.0494. The maximum Gasteiger partial charge on any atom is 0.260 e. The van der Waals surface area contributed by atoms with Crippen LogP contribution in [-0.2, 0) is 4.74 Å². The molecule has 0 atom stereocenters. The van der Waals surface area contributed by atoms with Gasteiger partial charge in [0.25, 0.3) is 5.91 Å². The van der Waals surface area contributed by atoms with Crippen molar-refractivity contribution in [3.05, 3.63) is 53.6 Å². The summed E-state index contributed by atoms with van der Waals surface area (Å²) in [6.07, 6.45) is 0.880. The van der Waals surface area contributed by atoms with Gasteiger partial charge >= 0.3 is 0 Å². The molecule has 0 radical (unpaired) electrons. The van der Waals surface area contributed by atoms with Gasteiger partial charge in [-0.15, -0.1) is 12.4 Å². The van der Waals surface area contributed by atoms with Crippen molar-refractivity contribution in [3.63, 3.8) is 0 Å². The Morgan fingerprint density at radius 2 is 2.03 bits per heavy atom. The number of amides is 1. The first-order valence-electron chi connectivity index (χ1n) is 10.3. The van der Waals surface area contributed by atoms with E-state index in [-0.39, 0.29) is 18.3 Å². The van der Waals surface area contributed by atoms with Crippen molar-refractivity contribution < 1.29 is 14.3 Å². The summed E-state index contributed by atoms with van der Waals surface area (Å²) >= 11 is 1.57. The lowest BCUT2D eigenvalue weighted by Gasteiger charge is -2.27. The third-order valence-corrected chi connectivity index (χ3v) is 6.33. The van der Waals surface area contributed by atoms with Gasteiger partial charge in [-0.1, -0.05) is 23.5 Å². The average Bonchev–Trinajstić information content (AvgIpc) is 3.19. The predicted molar refractivity (Wildman–Crippen MR) is 128 cm³/mol. The largest absolute Gasteiger partial charge is 0.497 e. The van der Waals surface area contributed by atoms with Crippen molar-refractivity contribution in [1.29, 1.82) is 0 Å². The Bertz CT molecular complexity index is 1020. The van der Waals surface area contributed by atoms with Gasteiger partial charge in [-0.3, -0.25) is 14.6 Å². The van der Waals surface area contributed by atoms with Crippen molar-refractivity contribution in [2.45, 2.75) is 13.3 Å². The Balaban J connectivity index is 0.00000272. The molecule has 1 aliphatic rings. The number of morpholine rings is 1. The molecule has 8 heteroatoms. The Morgan fingerprint density at radius 1 is 1.23 bits per heavy atom. The SMILES string of the molecule is COc1cccc(C(=O)N(CCCN2CCOCC2)c2nc3ccc(C)cc3s2)c1.Cl. The number of aryl methyl sites for hydroxylation is 1. The van der Waals surface area contributed by atoms with Gasteiger partial charge in [0, 0.05) is 31.7 Å². The molecule has 1 aromatic heterocycles. The van der Waals surface area contributed by atoms with Crippen LogP contribution in [0.15, 0.2) is 42.5 Å². The Morgan fingerprint density at radius 3 is 2.81 bits per heavy atom. The minimum Gasteiger partial charge on any atom is -0.497 e. The molecule has 4 rings (SSSR count). The lowest BCUT2D eigenvalue weighted by Crippen LogP contribution is -2.39. The van der Waals surface area contributed by atoms with Crippen LogP contribution < -0.4 is 9.64 Å². The van der Waals surface area contributed by atoms with E-state index in [1.165, 1.54) is 5.56 Å². The van der Waals surface area contributed by atoms with Gasteiger partial charge in [0.15, 0.2) is 5.13 Å². The highest BCUT2D eigenvalue weighted by Crippen LogP contribution is 2.31. The Kier molecular flexibility index (Phi) is 8.26. The van der Waals surface area contributed by atoms with Crippen LogP contribution in [0.25, 0.3) is 10.2 Å². The summed E-state index contributed by atoms with van der Waals surface area (Å²) < 4.78 is 11.8. The molecule has 6 nitrogen and oxygen atoms in total. The standard InChI is InChI=1S/C23H27N3O3S.ClH/c1-17-7-8-20-21(15-17)30-23(24-20)26(10-4-9-25-11-13-29-14-12-25)22(27)18-5-3-6-19(16-18)28-2;/h3,5-8,15-16H,4,9-14H2,1-2H3;1H. The van der Waals surface area contributed by atoms with E-state index in [0.717, 1.165) is 54.6 Å². The third kappa shape index (κ3) is 5.74. The highest BCUT2D eigenvalue weighted by atomic mass is 35.5. The second-order valence-corrected chi connectivity index (χ2v) is 8.47. The molecule has 2 heterocycles. The van der Waals surface area contributed by atoms with Crippen LogP contribution in [0.1, 0.15) is 22.3 Å². The first-order valence-corrected chi connectivity index (χ1v) is 11.1. The molecule has 2 aromatic carbocycles. The number of thiazole rings is 1. The molecule has 31 heavy (non-hydrogen) atoms. The van der Waals surface area contributed by atoms with Crippen molar-refractivity contribution in [2.24, 2.45) is 0 Å². The number of benzene rings is 2. The first-order chi connectivity index (χ1) is 14.6. The number of nitrogens with zero attached hydrogens (tertiary/aromatic N) is 3. The summed E-state index contributed by atoms with van der Waals surface area (Å²) in [7, 11) is 1.61. The van der Waals surface area contributed by atoms with Crippen LogP contribution in [0.4, 0.5) is 5.13 Å². The van der Waals surface area contributed by atoms with Gasteiger partial charge in [-0.05, 0) is 49.2 Å². The van der Waals surface area contributed by atoms with E-state index in [9.17, 15) is 4.79 Å². The highest BCUT2D eigenvalue weighted by Gasteiger charge is 2.22. The maximum absolute atomic E-state index is 13.4. The van der Waals surface area contributed by atoms with E-state index in [2.05, 4.69) is 24.0 Å². The number of carbonyl (C=O) groups is 1. The number of carbonyl (C=O) groups excluding carboxylic acids is 1. The number of hydrogen-bond donors (Lipinski definition) is 0. The maximum atomic E-state index is 13.4. The second-order valence-electron chi connectivity index (χ2n) is 7.46. The fourth-order valence-corrected chi connectivity index (χ4v) is 4.70. The number of anilines is 1. The van der Waals surface area contributed by atoms with Crippen molar-refractivity contribution >= 4 is 45.0 Å². The molecule has 0 aliphatic carbocycles. The highest BCUT2D eigenvalue weighted by molar-refractivity contribution is 7.22. The van der Waals surface area contributed by atoms with Gasteiger partial charge < -0.3 is 9.47 Å². The quantitative estimate of drug-likeness (QED) is 0.521. The number of fused-ring (bicyclic) bond motifs is 1. The number of methoxy groups -OCH3 is 1. The van der Waals surface area contributed by atoms with Crippen LogP contribution in [0.2, 0.25) is 0 Å². The van der Waals surface area contributed by atoms with E-state index in [1.807, 2.05) is 29.2 Å². The van der Waals surface area contributed by atoms with Crippen molar-refractivity contribution in [3.8, 4) is 5.75 Å². The lowest BCUT2D eigenvalue weighted by molar-refractivity contribution is 0.0376. The smallest absolute Gasteiger partial charge is 0.260 e. The number of ether oxygens (including phenoxy) is 2. The third-order valence-electron chi connectivity index (χ3n) is 5.29. The number of aromatic nitrogens is 1. The van der Waals surface area contributed by atoms with Crippen LogP contribution in [0.3, 0.4) is 0 Å². The molecule has 0 bridgehead atoms. The molecule has 0 spiro atoms. The zero-order chi connectivity index (χ0) is 20.9. The Hall–Kier alpha value is -2.19. The summed E-state index contributed by atoms with van der Waals surface area (Å²) in [5.41, 5.74) is 2.73. The van der Waals surface area contributed by atoms with E-state index < -0.39 is 0 Å². The van der Waals surface area contributed by atoms with Gasteiger partial charge in [-0.25, -0.2) is 4.98 Å². The van der Waals surface area contributed by atoms with Crippen LogP contribution in [0.5, 0.6) is 5.75 Å². The molecular weight excluding hydrogens is 434 g/mol.